The highest BCUT2D eigenvalue weighted by Gasteiger charge is 2.36. The lowest BCUT2D eigenvalue weighted by Crippen LogP contribution is -2.51. The minimum atomic E-state index is -0.414. The van der Waals surface area contributed by atoms with Crippen LogP contribution in [0.25, 0.3) is 33.7 Å². The zero-order chi connectivity index (χ0) is 42.9. The smallest absolute Gasteiger partial charge is 0.328 e. The molecule has 0 spiro atoms. The van der Waals surface area contributed by atoms with Crippen molar-refractivity contribution in [2.24, 2.45) is 5.92 Å². The molecule has 320 valence electrons. The van der Waals surface area contributed by atoms with Gasteiger partial charge in [-0.2, -0.15) is 10.1 Å². The fourth-order valence-corrected chi connectivity index (χ4v) is 9.34. The molecule has 3 atom stereocenters. The number of hydrogen-bond acceptors (Lipinski definition) is 12. The van der Waals surface area contributed by atoms with E-state index in [4.69, 9.17) is 19.3 Å². The third kappa shape index (κ3) is 7.43. The van der Waals surface area contributed by atoms with Gasteiger partial charge in [0.2, 0.25) is 5.91 Å². The summed E-state index contributed by atoms with van der Waals surface area (Å²) in [6.45, 7) is 15.4. The molecule has 62 heavy (non-hydrogen) atoms. The number of carbonyl (C=O) groups is 3. The molecular formula is C45H50N12O5. The number of imide groups is 1. The Morgan fingerprint density at radius 2 is 1.90 bits per heavy atom. The normalized spacial score (nSPS) is 19.7. The summed E-state index contributed by atoms with van der Waals surface area (Å²) in [5.74, 6) is 1.11. The number of rotatable bonds is 8. The van der Waals surface area contributed by atoms with Crippen LogP contribution in [-0.2, 0) is 23.3 Å². The van der Waals surface area contributed by atoms with Crippen LogP contribution in [0, 0.1) is 12.8 Å². The molecule has 2 aromatic carbocycles. The van der Waals surface area contributed by atoms with Crippen LogP contribution in [0.3, 0.4) is 0 Å². The van der Waals surface area contributed by atoms with Crippen LogP contribution in [0.4, 0.5) is 16.2 Å². The molecule has 3 N–H and O–H groups in total. The first kappa shape index (κ1) is 39.5. The molecule has 4 aromatic heterocycles. The van der Waals surface area contributed by atoms with Gasteiger partial charge in [0.25, 0.3) is 0 Å². The molecule has 17 heteroatoms. The van der Waals surface area contributed by atoms with E-state index in [-0.39, 0.29) is 29.7 Å². The number of urea groups is 1. The Balaban J connectivity index is 0.780. The molecule has 0 aliphatic carbocycles. The number of aryl methyl sites for hydroxylation is 1. The molecule has 2 fully saturated rings. The first-order chi connectivity index (χ1) is 29.8. The molecule has 0 radical (unpaired) electrons. The first-order valence-corrected chi connectivity index (χ1v) is 21.4. The van der Waals surface area contributed by atoms with Crippen LogP contribution in [0.5, 0.6) is 5.75 Å². The van der Waals surface area contributed by atoms with Crippen molar-refractivity contribution >= 4 is 40.3 Å². The maximum atomic E-state index is 13.0. The maximum absolute atomic E-state index is 13.0. The Kier molecular flexibility index (Phi) is 9.80. The number of piperidine rings is 1. The number of amides is 4. The van der Waals surface area contributed by atoms with Crippen molar-refractivity contribution in [3.8, 4) is 28.4 Å². The van der Waals surface area contributed by atoms with Gasteiger partial charge in [0.15, 0.2) is 5.82 Å². The number of carbonyl (C=O) groups excluding carboxylic acids is 3. The number of nitrogens with one attached hydrogen (secondary N) is 3. The fourth-order valence-electron chi connectivity index (χ4n) is 9.34. The Hall–Kier alpha value is -6.62. The summed E-state index contributed by atoms with van der Waals surface area (Å²) in [6.07, 6.45) is 4.01. The molecule has 0 saturated carbocycles. The molecule has 2 saturated heterocycles. The molecule has 0 unspecified atom stereocenters. The summed E-state index contributed by atoms with van der Waals surface area (Å²) in [5.41, 5.74) is 8.91. The Labute approximate surface area is 358 Å². The SMILES string of the molecule is Cc1cc(-c2ncnc3[nH]c(-c4cc5n(n4)CCN(C[C@H]4CCN6c7ccc(N8CCC(=O)NC8=O)cc7OC[C@H]6C4)C5)cc23)ccc1[C@@H](C)NC(=O)c1nc(C(C)(C)C)no1. The predicted molar refractivity (Wildman–Crippen MR) is 231 cm³/mol. The lowest BCUT2D eigenvalue weighted by atomic mass is 9.89. The van der Waals surface area contributed by atoms with Crippen molar-refractivity contribution in [3.05, 3.63) is 83.4 Å². The van der Waals surface area contributed by atoms with Gasteiger partial charge in [-0.25, -0.2) is 14.8 Å². The van der Waals surface area contributed by atoms with E-state index in [1.807, 2.05) is 58.9 Å². The van der Waals surface area contributed by atoms with Gasteiger partial charge in [-0.1, -0.05) is 38.1 Å². The van der Waals surface area contributed by atoms with Crippen LogP contribution in [0.15, 0.2) is 59.4 Å². The molecule has 4 aliphatic rings. The monoisotopic (exact) mass is 838 g/mol. The lowest BCUT2D eigenvalue weighted by Gasteiger charge is -2.45. The third-order valence-corrected chi connectivity index (χ3v) is 12.6. The van der Waals surface area contributed by atoms with E-state index in [0.29, 0.717) is 30.9 Å². The number of anilines is 2. The van der Waals surface area contributed by atoms with Crippen molar-refractivity contribution in [1.82, 2.24) is 50.4 Å². The first-order valence-electron chi connectivity index (χ1n) is 21.4. The summed E-state index contributed by atoms with van der Waals surface area (Å²) in [7, 11) is 0. The average molecular weight is 839 g/mol. The highest BCUT2D eigenvalue weighted by molar-refractivity contribution is 6.05. The predicted octanol–water partition coefficient (Wildman–Crippen LogP) is 5.91. The van der Waals surface area contributed by atoms with Crippen molar-refractivity contribution in [2.45, 2.75) is 84.5 Å². The van der Waals surface area contributed by atoms with Crippen molar-refractivity contribution in [2.75, 3.05) is 42.6 Å². The maximum Gasteiger partial charge on any atom is 0.328 e. The minimum Gasteiger partial charge on any atom is -0.489 e. The summed E-state index contributed by atoms with van der Waals surface area (Å²) in [6, 6.07) is 15.9. The minimum absolute atomic E-state index is 0.0526. The highest BCUT2D eigenvalue weighted by atomic mass is 16.5. The van der Waals surface area contributed by atoms with Gasteiger partial charge in [0.1, 0.15) is 30.0 Å². The van der Waals surface area contributed by atoms with Gasteiger partial charge in [-0.15, -0.1) is 0 Å². The standard InChI is InChI=1S/C45H50N12O5/c1-25-16-28(6-8-32(25)26(2)48-41(59)42-51-43(53-62-42)45(3,4)5)39-33-20-34(49-40(33)47-24-46-39)35-18-30-22-54(14-15-57(30)52-35)21-27-10-12-55-31(17-27)23-61-37-19-29(7-9-36(37)55)56-13-11-38(58)50-44(56)60/h6-9,16,18-20,24,26-27,31H,10-15,17,21-23H2,1-5H3,(H,48,59)(H,46,47,49)(H,50,58,60)/t26-,27+,31-/m1/s1. The van der Waals surface area contributed by atoms with Crippen LogP contribution < -0.4 is 25.2 Å². The largest absolute Gasteiger partial charge is 0.489 e. The van der Waals surface area contributed by atoms with E-state index in [9.17, 15) is 14.4 Å². The zero-order valence-electron chi connectivity index (χ0n) is 35.6. The molecule has 17 nitrogen and oxygen atoms in total. The Morgan fingerprint density at radius 1 is 1.03 bits per heavy atom. The fraction of sp³-hybridized carbons (Fsp3) is 0.422. The summed E-state index contributed by atoms with van der Waals surface area (Å²) in [5, 5.41) is 15.3. The van der Waals surface area contributed by atoms with E-state index in [1.165, 1.54) is 5.69 Å². The third-order valence-electron chi connectivity index (χ3n) is 12.6. The summed E-state index contributed by atoms with van der Waals surface area (Å²) in [4.78, 5) is 60.7. The van der Waals surface area contributed by atoms with E-state index < -0.39 is 11.9 Å². The van der Waals surface area contributed by atoms with Gasteiger partial charge in [-0.05, 0) is 74.1 Å². The number of ether oxygens (including phenoxy) is 1. The molecule has 6 aromatic rings. The molecule has 4 amide bonds. The number of benzene rings is 2. The highest BCUT2D eigenvalue weighted by Crippen LogP contribution is 2.41. The van der Waals surface area contributed by atoms with E-state index in [1.54, 1.807) is 11.2 Å². The zero-order valence-corrected chi connectivity index (χ0v) is 35.6. The topological polar surface area (TPSA) is 193 Å². The van der Waals surface area contributed by atoms with Crippen molar-refractivity contribution in [3.63, 3.8) is 0 Å². The molecule has 4 aliphatic heterocycles. The van der Waals surface area contributed by atoms with Gasteiger partial charge in [0, 0.05) is 67.3 Å². The Bertz CT molecular complexity index is 2730. The van der Waals surface area contributed by atoms with Gasteiger partial charge in [0.05, 0.1) is 41.4 Å². The molecule has 8 heterocycles. The van der Waals surface area contributed by atoms with Gasteiger partial charge >= 0.3 is 17.8 Å². The second-order valence-corrected chi connectivity index (χ2v) is 18.0. The molecule has 10 rings (SSSR count). The Morgan fingerprint density at radius 3 is 2.71 bits per heavy atom. The van der Waals surface area contributed by atoms with E-state index in [0.717, 1.165) is 107 Å². The van der Waals surface area contributed by atoms with E-state index in [2.05, 4.69) is 69.5 Å². The average Bonchev–Trinajstić information content (AvgIpc) is 4.02. The van der Waals surface area contributed by atoms with Crippen LogP contribution >= 0.6 is 0 Å². The van der Waals surface area contributed by atoms with Gasteiger partial charge in [-0.3, -0.25) is 29.4 Å². The van der Waals surface area contributed by atoms with Gasteiger partial charge < -0.3 is 24.5 Å². The quantitative estimate of drug-likeness (QED) is 0.165. The number of aromatic amines is 1. The lowest BCUT2D eigenvalue weighted by molar-refractivity contribution is -0.120. The second-order valence-electron chi connectivity index (χ2n) is 18.0. The molecule has 0 bridgehead atoms. The second kappa shape index (κ2) is 15.4. The van der Waals surface area contributed by atoms with Crippen LogP contribution in [0.2, 0.25) is 0 Å². The summed E-state index contributed by atoms with van der Waals surface area (Å²) >= 11 is 0. The number of H-pyrrole nitrogens is 1. The van der Waals surface area contributed by atoms with Crippen molar-refractivity contribution < 1.29 is 23.6 Å². The molecular weight excluding hydrogens is 789 g/mol. The number of nitrogens with zero attached hydrogens (tertiary/aromatic N) is 9. The number of hydrogen-bond donors (Lipinski definition) is 3. The summed E-state index contributed by atoms with van der Waals surface area (Å²) < 4.78 is 13.7. The number of fused-ring (bicyclic) bond motifs is 5. The number of aromatic nitrogens is 7. The van der Waals surface area contributed by atoms with Crippen LogP contribution in [-0.4, -0.2) is 96.4 Å². The van der Waals surface area contributed by atoms with Crippen LogP contribution in [0.1, 0.15) is 86.3 Å². The van der Waals surface area contributed by atoms with E-state index >= 15 is 0 Å². The van der Waals surface area contributed by atoms with Crippen molar-refractivity contribution in [1.29, 1.82) is 0 Å².